The Morgan fingerprint density at radius 2 is 1.32 bits per heavy atom. The zero-order valence-electron chi connectivity index (χ0n) is 16.1. The summed E-state index contributed by atoms with van der Waals surface area (Å²) in [5.74, 6) is 0. The molecule has 0 aromatic carbocycles. The Bertz CT molecular complexity index is 323. The fourth-order valence-electron chi connectivity index (χ4n) is 3.20. The number of nitrogens with zero attached hydrogens (tertiary/aromatic N) is 1. The van der Waals surface area contributed by atoms with Gasteiger partial charge in [-0.2, -0.15) is 0 Å². The van der Waals surface area contributed by atoms with E-state index in [-0.39, 0.29) is 4.92 Å². The minimum atomic E-state index is -0.831. The van der Waals surface area contributed by atoms with Crippen molar-refractivity contribution in [2.45, 2.75) is 122 Å². The molecule has 0 saturated carbocycles. The lowest BCUT2D eigenvalue weighted by atomic mass is 9.98. The molecule has 1 radical (unpaired) electrons. The molecule has 0 saturated heterocycles. The van der Waals surface area contributed by atoms with Crippen molar-refractivity contribution < 1.29 is 14.8 Å². The van der Waals surface area contributed by atoms with Gasteiger partial charge in [0.2, 0.25) is 6.04 Å². The third-order valence-corrected chi connectivity index (χ3v) is 4.85. The molecule has 2 atom stereocenters. The molecular weight excluding hydrogens is 318 g/mol. The van der Waals surface area contributed by atoms with Crippen molar-refractivity contribution in [1.29, 1.82) is 0 Å². The lowest BCUT2D eigenvalue weighted by molar-refractivity contribution is -0.535. The van der Waals surface area contributed by atoms with Crippen LogP contribution >= 0.6 is 0 Å². The van der Waals surface area contributed by atoms with E-state index < -0.39 is 12.1 Å². The van der Waals surface area contributed by atoms with Crippen LogP contribution in [-0.2, 0) is 4.79 Å². The van der Waals surface area contributed by atoms with E-state index in [9.17, 15) is 20.0 Å². The van der Waals surface area contributed by atoms with Gasteiger partial charge in [-0.15, -0.1) is 0 Å². The van der Waals surface area contributed by atoms with Crippen molar-refractivity contribution in [3.63, 3.8) is 0 Å². The number of hydrogen-bond donors (Lipinski definition) is 1. The fourth-order valence-corrected chi connectivity index (χ4v) is 3.20. The molecule has 0 bridgehead atoms. The number of nitro groups is 1. The van der Waals surface area contributed by atoms with Crippen molar-refractivity contribution in [3.8, 4) is 0 Å². The maximum atomic E-state index is 11.2. The zero-order valence-corrected chi connectivity index (χ0v) is 16.1. The smallest absolute Gasteiger partial charge is 0.238 e. The molecule has 0 heterocycles. The Balaban J connectivity index is 3.73. The minimum Gasteiger partial charge on any atom is -0.386 e. The maximum Gasteiger partial charge on any atom is 0.238 e. The normalized spacial score (nSPS) is 13.5. The summed E-state index contributed by atoms with van der Waals surface area (Å²) in [7, 11) is 0. The van der Waals surface area contributed by atoms with Gasteiger partial charge in [-0.3, -0.25) is 14.9 Å². The second-order valence-corrected chi connectivity index (χ2v) is 7.13. The largest absolute Gasteiger partial charge is 0.386 e. The molecule has 1 N–H and O–H groups in total. The fraction of sp³-hybridized carbons (Fsp3) is 0.950. The number of carbonyl (C=O) groups excluding carboxylic acids is 1. The monoisotopic (exact) mass is 356 g/mol. The van der Waals surface area contributed by atoms with Crippen molar-refractivity contribution in [2.24, 2.45) is 0 Å². The predicted molar refractivity (Wildman–Crippen MR) is 102 cm³/mol. The van der Waals surface area contributed by atoms with Gasteiger partial charge in [-0.05, 0) is 19.3 Å². The summed E-state index contributed by atoms with van der Waals surface area (Å²) < 4.78 is 0. The van der Waals surface area contributed by atoms with Crippen LogP contribution in [0.2, 0.25) is 0 Å². The summed E-state index contributed by atoms with van der Waals surface area (Å²) in [4.78, 5) is 21.0. The second-order valence-electron chi connectivity index (χ2n) is 7.13. The molecule has 0 fully saturated rings. The third-order valence-electron chi connectivity index (χ3n) is 4.85. The molecule has 147 valence electrons. The molecule has 0 aromatic heterocycles. The first-order chi connectivity index (χ1) is 12.1. The van der Waals surface area contributed by atoms with Crippen LogP contribution in [-0.4, -0.2) is 28.5 Å². The van der Waals surface area contributed by atoms with Crippen LogP contribution in [0.3, 0.4) is 0 Å². The third kappa shape index (κ3) is 15.0. The van der Waals surface area contributed by atoms with E-state index in [1.807, 2.05) is 6.29 Å². The highest BCUT2D eigenvalue weighted by Gasteiger charge is 2.28. The Kier molecular flexibility index (Phi) is 17.1. The van der Waals surface area contributed by atoms with E-state index in [0.29, 0.717) is 19.3 Å². The Morgan fingerprint density at radius 3 is 1.84 bits per heavy atom. The van der Waals surface area contributed by atoms with E-state index in [4.69, 9.17) is 0 Å². The first-order valence-corrected chi connectivity index (χ1v) is 10.3. The Hall–Kier alpha value is -0.970. The summed E-state index contributed by atoms with van der Waals surface area (Å²) >= 11 is 0. The number of hydrogen-bond acceptors (Lipinski definition) is 4. The molecule has 0 aliphatic rings. The molecule has 0 rings (SSSR count). The van der Waals surface area contributed by atoms with E-state index in [2.05, 4.69) is 6.92 Å². The summed E-state index contributed by atoms with van der Waals surface area (Å²) in [6, 6.07) is -0.815. The number of aliphatic hydroxyl groups excluding tert-OH is 1. The van der Waals surface area contributed by atoms with Crippen LogP contribution in [0.5, 0.6) is 0 Å². The van der Waals surface area contributed by atoms with Gasteiger partial charge >= 0.3 is 0 Å². The highest BCUT2D eigenvalue weighted by Crippen LogP contribution is 2.17. The second kappa shape index (κ2) is 17.8. The van der Waals surface area contributed by atoms with Crippen molar-refractivity contribution in [2.75, 3.05) is 0 Å². The molecule has 0 spiro atoms. The highest BCUT2D eigenvalue weighted by atomic mass is 16.6. The lowest BCUT2D eigenvalue weighted by Gasteiger charge is -2.16. The van der Waals surface area contributed by atoms with Crippen LogP contribution in [0.25, 0.3) is 0 Å². The first kappa shape index (κ1) is 24.0. The van der Waals surface area contributed by atoms with Crippen molar-refractivity contribution in [1.82, 2.24) is 0 Å². The van der Waals surface area contributed by atoms with Gasteiger partial charge < -0.3 is 5.11 Å². The van der Waals surface area contributed by atoms with Gasteiger partial charge in [-0.25, -0.2) is 0 Å². The van der Waals surface area contributed by atoms with Gasteiger partial charge in [0.05, 0.1) is 0 Å². The topological polar surface area (TPSA) is 80.4 Å². The van der Waals surface area contributed by atoms with Crippen molar-refractivity contribution >= 4 is 6.29 Å². The quantitative estimate of drug-likeness (QED) is 0.192. The Labute approximate surface area is 153 Å². The van der Waals surface area contributed by atoms with Gasteiger partial charge in [0.15, 0.2) is 6.29 Å². The van der Waals surface area contributed by atoms with Crippen LogP contribution in [0.15, 0.2) is 0 Å². The summed E-state index contributed by atoms with van der Waals surface area (Å²) in [5.41, 5.74) is 0. The summed E-state index contributed by atoms with van der Waals surface area (Å²) in [6.45, 7) is 2.20. The highest BCUT2D eigenvalue weighted by molar-refractivity contribution is 5.50. The molecule has 0 amide bonds. The molecule has 0 aromatic rings. The lowest BCUT2D eigenvalue weighted by Crippen LogP contribution is -2.33. The van der Waals surface area contributed by atoms with Gasteiger partial charge in [0, 0.05) is 17.8 Å². The molecular formula is C20H38NO4. The molecule has 25 heavy (non-hydrogen) atoms. The first-order valence-electron chi connectivity index (χ1n) is 10.3. The zero-order chi connectivity index (χ0) is 18.8. The average molecular weight is 357 g/mol. The summed E-state index contributed by atoms with van der Waals surface area (Å²) in [5, 5.41) is 21.3. The molecule has 2 unspecified atom stereocenters. The number of aliphatic hydroxyl groups is 1. The maximum absolute atomic E-state index is 11.2. The van der Waals surface area contributed by atoms with E-state index in [1.54, 1.807) is 0 Å². The molecule has 5 nitrogen and oxygen atoms in total. The van der Waals surface area contributed by atoms with Crippen LogP contribution in [0.4, 0.5) is 0 Å². The van der Waals surface area contributed by atoms with E-state index >= 15 is 0 Å². The van der Waals surface area contributed by atoms with Crippen LogP contribution in [0, 0.1) is 10.1 Å². The van der Waals surface area contributed by atoms with Crippen LogP contribution in [0.1, 0.15) is 110 Å². The SMILES string of the molecule is CCCCCCCCCCC(C(O)CCCCCCC[C]=O)[N+](=O)[O-]. The predicted octanol–water partition coefficient (Wildman–Crippen LogP) is 5.36. The Morgan fingerprint density at radius 1 is 0.840 bits per heavy atom. The van der Waals surface area contributed by atoms with E-state index in [1.165, 1.54) is 32.1 Å². The van der Waals surface area contributed by atoms with Crippen molar-refractivity contribution in [3.05, 3.63) is 10.1 Å². The van der Waals surface area contributed by atoms with Gasteiger partial charge in [-0.1, -0.05) is 77.6 Å². The molecule has 0 aliphatic carbocycles. The minimum absolute atomic E-state index is 0.300. The number of unbranched alkanes of at least 4 members (excludes halogenated alkanes) is 12. The molecule has 5 heteroatoms. The van der Waals surface area contributed by atoms with Gasteiger partial charge in [0.25, 0.3) is 0 Å². The summed E-state index contributed by atoms with van der Waals surface area (Å²) in [6.07, 6.45) is 16.5. The average Bonchev–Trinajstić information content (AvgIpc) is 2.59. The van der Waals surface area contributed by atoms with Crippen LogP contribution < -0.4 is 0 Å². The standard InChI is InChI=1S/C20H38NO4/c1-2-3-4-5-6-7-10-13-16-19(21(24)25)20(23)17-14-11-8-9-12-15-18-22/h19-20,23H,2-17H2,1H3. The molecule has 0 aliphatic heterocycles. The van der Waals surface area contributed by atoms with Gasteiger partial charge in [0.1, 0.15) is 6.10 Å². The van der Waals surface area contributed by atoms with E-state index in [0.717, 1.165) is 51.4 Å². The number of rotatable bonds is 19.